The van der Waals surface area contributed by atoms with Crippen molar-refractivity contribution in [1.29, 1.82) is 0 Å². The monoisotopic (exact) mass is 246 g/mol. The van der Waals surface area contributed by atoms with Gasteiger partial charge in [-0.1, -0.05) is 24.3 Å². The first-order valence-corrected chi connectivity index (χ1v) is 5.38. The summed E-state index contributed by atoms with van der Waals surface area (Å²) in [7, 11) is 1.71. The zero-order chi connectivity index (χ0) is 12.3. The third-order valence-corrected chi connectivity index (χ3v) is 2.36. The van der Waals surface area contributed by atoms with Gasteiger partial charge < -0.3 is 0 Å². The number of allylic oxidation sites excluding steroid dienone is 3. The van der Waals surface area contributed by atoms with Gasteiger partial charge in [-0.25, -0.2) is 9.50 Å². The van der Waals surface area contributed by atoms with E-state index < -0.39 is 0 Å². The van der Waals surface area contributed by atoms with Crippen molar-refractivity contribution in [3.05, 3.63) is 47.9 Å². The van der Waals surface area contributed by atoms with Crippen LogP contribution < -0.4 is 0 Å². The molecule has 0 unspecified atom stereocenters. The van der Waals surface area contributed by atoms with Crippen LogP contribution in [0.15, 0.2) is 42.1 Å². The fourth-order valence-corrected chi connectivity index (χ4v) is 1.49. The number of aliphatic imine (C=N–C) groups is 1. The average Bonchev–Trinajstić information content (AvgIpc) is 2.72. The van der Waals surface area contributed by atoms with Crippen LogP contribution >= 0.6 is 11.6 Å². The Labute approximate surface area is 104 Å². The summed E-state index contributed by atoms with van der Waals surface area (Å²) in [6, 6.07) is 3.52. The second kappa shape index (κ2) is 4.93. The molecule has 4 nitrogen and oxygen atoms in total. The van der Waals surface area contributed by atoms with Crippen LogP contribution in [0.5, 0.6) is 0 Å². The lowest BCUT2D eigenvalue weighted by molar-refractivity contribution is 0.932. The minimum absolute atomic E-state index is 0.447. The lowest BCUT2D eigenvalue weighted by atomic mass is 10.2. The van der Waals surface area contributed by atoms with E-state index in [9.17, 15) is 0 Å². The van der Waals surface area contributed by atoms with Crippen molar-refractivity contribution in [2.45, 2.75) is 0 Å². The molecule has 2 aromatic heterocycles. The van der Waals surface area contributed by atoms with E-state index in [1.165, 1.54) is 0 Å². The van der Waals surface area contributed by atoms with Gasteiger partial charge in [-0.15, -0.1) is 0 Å². The molecule has 0 atom stereocenters. The number of rotatable bonds is 3. The lowest BCUT2D eigenvalue weighted by Gasteiger charge is -1.91. The summed E-state index contributed by atoms with van der Waals surface area (Å²) >= 11 is 5.80. The Morgan fingerprint density at radius 3 is 3.18 bits per heavy atom. The highest BCUT2D eigenvalue weighted by atomic mass is 35.5. The molecule has 0 spiro atoms. The molecule has 2 aromatic rings. The molecule has 2 rings (SSSR count). The van der Waals surface area contributed by atoms with E-state index in [-0.39, 0.29) is 0 Å². The normalized spacial score (nSPS) is 11.9. The number of hydrogen-bond donors (Lipinski definition) is 0. The van der Waals surface area contributed by atoms with Crippen molar-refractivity contribution in [2.24, 2.45) is 4.99 Å². The molecular formula is C12H11ClN4. The Kier molecular flexibility index (Phi) is 3.35. The summed E-state index contributed by atoms with van der Waals surface area (Å²) in [4.78, 5) is 8.00. The van der Waals surface area contributed by atoms with Gasteiger partial charge in [-0.3, -0.25) is 4.99 Å². The summed E-state index contributed by atoms with van der Waals surface area (Å²) in [6.07, 6.45) is 7.11. The Morgan fingerprint density at radius 2 is 2.41 bits per heavy atom. The fourth-order valence-electron chi connectivity index (χ4n) is 1.34. The van der Waals surface area contributed by atoms with Crippen molar-refractivity contribution >= 4 is 29.0 Å². The molecule has 0 aliphatic rings. The van der Waals surface area contributed by atoms with E-state index in [4.69, 9.17) is 11.6 Å². The Hall–Kier alpha value is -1.94. The van der Waals surface area contributed by atoms with Crippen molar-refractivity contribution in [2.75, 3.05) is 7.05 Å². The number of nitrogens with zero attached hydrogens (tertiary/aromatic N) is 4. The fraction of sp³-hybridized carbons (Fsp3) is 0.0833. The minimum atomic E-state index is 0.447. The molecular weight excluding hydrogens is 236 g/mol. The predicted octanol–water partition coefficient (Wildman–Crippen LogP) is 2.65. The van der Waals surface area contributed by atoms with Crippen LogP contribution in [0.25, 0.3) is 11.2 Å². The number of halogens is 1. The molecule has 0 bridgehead atoms. The van der Waals surface area contributed by atoms with Gasteiger partial charge in [-0.05, 0) is 17.7 Å². The number of aromatic nitrogens is 3. The molecule has 0 aliphatic heterocycles. The molecule has 0 N–H and O–H groups in total. The van der Waals surface area contributed by atoms with Gasteiger partial charge in [0, 0.05) is 25.5 Å². The van der Waals surface area contributed by atoms with E-state index in [2.05, 4.69) is 21.7 Å². The highest BCUT2D eigenvalue weighted by molar-refractivity contribution is 6.29. The van der Waals surface area contributed by atoms with Crippen LogP contribution in [-0.2, 0) is 0 Å². The second-order valence-corrected chi connectivity index (χ2v) is 3.76. The Morgan fingerprint density at radius 1 is 1.59 bits per heavy atom. The summed E-state index contributed by atoms with van der Waals surface area (Å²) in [6.45, 7) is 3.93. The van der Waals surface area contributed by atoms with E-state index in [1.807, 2.05) is 18.2 Å². The van der Waals surface area contributed by atoms with Gasteiger partial charge in [0.25, 0.3) is 0 Å². The molecule has 5 heteroatoms. The third kappa shape index (κ3) is 2.60. The van der Waals surface area contributed by atoms with Gasteiger partial charge in [0.15, 0.2) is 5.65 Å². The molecule has 86 valence electrons. The van der Waals surface area contributed by atoms with E-state index in [0.29, 0.717) is 10.8 Å². The van der Waals surface area contributed by atoms with Crippen molar-refractivity contribution in [3.8, 4) is 0 Å². The summed E-state index contributed by atoms with van der Waals surface area (Å²) < 4.78 is 1.66. The van der Waals surface area contributed by atoms with Crippen molar-refractivity contribution < 1.29 is 0 Å². The van der Waals surface area contributed by atoms with Crippen LogP contribution in [-0.4, -0.2) is 27.9 Å². The Balaban J connectivity index is 2.33. The standard InChI is InChI=1S/C12H11ClN4/c1-9(4-3-6-14-2)10-8-12-15-11(13)5-7-17(12)16-10/h3-8H,1H2,2H3/b4-3-,14-6?. The minimum Gasteiger partial charge on any atom is -0.297 e. The first kappa shape index (κ1) is 11.5. The third-order valence-electron chi connectivity index (χ3n) is 2.15. The van der Waals surface area contributed by atoms with E-state index in [1.54, 1.807) is 30.0 Å². The second-order valence-electron chi connectivity index (χ2n) is 3.37. The van der Waals surface area contributed by atoms with Crippen molar-refractivity contribution in [1.82, 2.24) is 14.6 Å². The predicted molar refractivity (Wildman–Crippen MR) is 70.6 cm³/mol. The number of fused-ring (bicyclic) bond motifs is 1. The van der Waals surface area contributed by atoms with Crippen LogP contribution in [0.2, 0.25) is 5.15 Å². The Bertz CT molecular complexity index is 610. The van der Waals surface area contributed by atoms with Gasteiger partial charge in [0.2, 0.25) is 0 Å². The summed E-state index contributed by atoms with van der Waals surface area (Å²) in [5.41, 5.74) is 2.26. The largest absolute Gasteiger partial charge is 0.297 e. The smallest absolute Gasteiger partial charge is 0.157 e. The molecule has 0 radical (unpaired) electrons. The van der Waals surface area contributed by atoms with Crippen LogP contribution in [0.1, 0.15) is 5.69 Å². The first-order valence-electron chi connectivity index (χ1n) is 5.01. The highest BCUT2D eigenvalue weighted by Crippen LogP contribution is 2.15. The van der Waals surface area contributed by atoms with Crippen molar-refractivity contribution in [3.63, 3.8) is 0 Å². The van der Waals surface area contributed by atoms with Gasteiger partial charge in [-0.2, -0.15) is 5.10 Å². The molecule has 0 saturated heterocycles. The molecule has 2 heterocycles. The molecule has 0 amide bonds. The quantitative estimate of drug-likeness (QED) is 0.475. The maximum atomic E-state index is 5.80. The highest BCUT2D eigenvalue weighted by Gasteiger charge is 2.04. The maximum absolute atomic E-state index is 5.80. The van der Waals surface area contributed by atoms with Gasteiger partial charge in [0.1, 0.15) is 5.15 Å². The lowest BCUT2D eigenvalue weighted by Crippen LogP contribution is -1.89. The molecule has 17 heavy (non-hydrogen) atoms. The van der Waals surface area contributed by atoms with Crippen LogP contribution in [0, 0.1) is 0 Å². The number of hydrogen-bond acceptors (Lipinski definition) is 3. The van der Waals surface area contributed by atoms with Gasteiger partial charge in [0.05, 0.1) is 5.69 Å². The summed E-state index contributed by atoms with van der Waals surface area (Å²) in [5, 5.41) is 4.78. The topological polar surface area (TPSA) is 42.5 Å². The molecule has 0 aliphatic carbocycles. The first-order chi connectivity index (χ1) is 8.20. The molecule has 0 fully saturated rings. The maximum Gasteiger partial charge on any atom is 0.157 e. The summed E-state index contributed by atoms with van der Waals surface area (Å²) in [5.74, 6) is 0. The zero-order valence-electron chi connectivity index (χ0n) is 9.34. The van der Waals surface area contributed by atoms with E-state index >= 15 is 0 Å². The molecule has 0 saturated carbocycles. The van der Waals surface area contributed by atoms with E-state index in [0.717, 1.165) is 11.3 Å². The average molecular weight is 247 g/mol. The van der Waals surface area contributed by atoms with Crippen LogP contribution in [0.3, 0.4) is 0 Å². The van der Waals surface area contributed by atoms with Crippen LogP contribution in [0.4, 0.5) is 0 Å². The zero-order valence-corrected chi connectivity index (χ0v) is 10.1. The van der Waals surface area contributed by atoms with Gasteiger partial charge >= 0.3 is 0 Å². The SMILES string of the molecule is C=C(/C=C\C=NC)c1cc2nc(Cl)ccn2n1. The molecule has 0 aromatic carbocycles.